The highest BCUT2D eigenvalue weighted by Gasteiger charge is 2.18. The molecule has 1 nitrogen and oxygen atoms in total. The molecule has 2 N–H and O–H groups in total. The minimum Gasteiger partial charge on any atom is -0.325 e. The van der Waals surface area contributed by atoms with Gasteiger partial charge < -0.3 is 5.73 Å². The quantitative estimate of drug-likeness (QED) is 0.771. The molecule has 13 heavy (non-hydrogen) atoms. The third-order valence-electron chi connectivity index (χ3n) is 2.43. The van der Waals surface area contributed by atoms with E-state index in [1.54, 1.807) is 10.4 Å². The summed E-state index contributed by atoms with van der Waals surface area (Å²) < 4.78 is 0. The Hall–Kier alpha value is -0.340. The summed E-state index contributed by atoms with van der Waals surface area (Å²) in [5.74, 6) is 0. The van der Waals surface area contributed by atoms with Crippen LogP contribution >= 0.6 is 11.3 Å². The summed E-state index contributed by atoms with van der Waals surface area (Å²) in [6.07, 6.45) is 4.96. The lowest BCUT2D eigenvalue weighted by molar-refractivity contribution is 0.521. The van der Waals surface area contributed by atoms with Crippen molar-refractivity contribution in [3.8, 4) is 0 Å². The van der Waals surface area contributed by atoms with E-state index < -0.39 is 0 Å². The third-order valence-corrected chi connectivity index (χ3v) is 3.66. The number of thiophene rings is 1. The van der Waals surface area contributed by atoms with E-state index in [0.717, 1.165) is 6.42 Å². The molecular formula is C11H17NS. The van der Waals surface area contributed by atoms with Gasteiger partial charge in [-0.15, -0.1) is 11.3 Å². The molecule has 0 fully saturated rings. The van der Waals surface area contributed by atoms with E-state index in [1.165, 1.54) is 24.1 Å². The Morgan fingerprint density at radius 3 is 2.85 bits per heavy atom. The van der Waals surface area contributed by atoms with Gasteiger partial charge in [0.2, 0.25) is 0 Å². The molecule has 0 atom stereocenters. The molecule has 0 radical (unpaired) electrons. The van der Waals surface area contributed by atoms with Crippen molar-refractivity contribution in [2.24, 2.45) is 5.73 Å². The fourth-order valence-electron chi connectivity index (χ4n) is 1.93. The van der Waals surface area contributed by atoms with E-state index >= 15 is 0 Å². The van der Waals surface area contributed by atoms with Gasteiger partial charge in [-0.25, -0.2) is 0 Å². The third kappa shape index (κ3) is 2.12. The van der Waals surface area contributed by atoms with Gasteiger partial charge in [-0.1, -0.05) is 0 Å². The minimum atomic E-state index is -0.0570. The van der Waals surface area contributed by atoms with Crippen molar-refractivity contribution in [2.75, 3.05) is 0 Å². The Kier molecular flexibility index (Phi) is 2.20. The molecule has 2 rings (SSSR count). The zero-order chi connectivity index (χ0) is 9.47. The minimum absolute atomic E-state index is 0.0570. The van der Waals surface area contributed by atoms with Gasteiger partial charge in [0.25, 0.3) is 0 Å². The average molecular weight is 195 g/mol. The van der Waals surface area contributed by atoms with Crippen LogP contribution in [0.1, 0.15) is 35.6 Å². The molecule has 2 heteroatoms. The van der Waals surface area contributed by atoms with E-state index in [-0.39, 0.29) is 5.54 Å². The first kappa shape index (κ1) is 9.22. The molecule has 0 spiro atoms. The summed E-state index contributed by atoms with van der Waals surface area (Å²) in [6.45, 7) is 4.19. The van der Waals surface area contributed by atoms with Crippen LogP contribution in [0.4, 0.5) is 0 Å². The summed E-state index contributed by atoms with van der Waals surface area (Å²) in [4.78, 5) is 3.08. The van der Waals surface area contributed by atoms with Crippen LogP contribution < -0.4 is 5.73 Å². The van der Waals surface area contributed by atoms with Crippen LogP contribution in [-0.4, -0.2) is 5.54 Å². The molecular weight excluding hydrogens is 178 g/mol. The SMILES string of the molecule is CC(C)(N)Cc1cc2c(s1)CCC2. The smallest absolute Gasteiger partial charge is 0.0145 e. The molecule has 0 unspecified atom stereocenters. The first-order valence-electron chi connectivity index (χ1n) is 4.94. The zero-order valence-electron chi connectivity index (χ0n) is 8.39. The van der Waals surface area contributed by atoms with Crippen LogP contribution in [0.3, 0.4) is 0 Å². The average Bonchev–Trinajstić information content (AvgIpc) is 2.40. The molecule has 0 aromatic carbocycles. The molecule has 1 aliphatic rings. The van der Waals surface area contributed by atoms with Gasteiger partial charge in [-0.05, 0) is 51.2 Å². The highest BCUT2D eigenvalue weighted by atomic mass is 32.1. The van der Waals surface area contributed by atoms with Crippen molar-refractivity contribution in [1.29, 1.82) is 0 Å². The van der Waals surface area contributed by atoms with Gasteiger partial charge >= 0.3 is 0 Å². The molecule has 0 amide bonds. The maximum Gasteiger partial charge on any atom is 0.0145 e. The molecule has 0 saturated carbocycles. The number of rotatable bonds is 2. The Balaban J connectivity index is 2.15. The van der Waals surface area contributed by atoms with Crippen molar-refractivity contribution in [3.05, 3.63) is 21.4 Å². The Morgan fingerprint density at radius 1 is 1.46 bits per heavy atom. The van der Waals surface area contributed by atoms with Crippen LogP contribution in [-0.2, 0) is 19.3 Å². The first-order valence-corrected chi connectivity index (χ1v) is 5.75. The van der Waals surface area contributed by atoms with Crippen LogP contribution in [0, 0.1) is 0 Å². The summed E-state index contributed by atoms with van der Waals surface area (Å²) >= 11 is 1.97. The standard InChI is InChI=1S/C11H17NS/c1-11(2,12)7-9-6-8-4-3-5-10(8)13-9/h6H,3-5,7,12H2,1-2H3. The summed E-state index contributed by atoms with van der Waals surface area (Å²) in [5, 5.41) is 0. The van der Waals surface area contributed by atoms with Gasteiger partial charge in [0.05, 0.1) is 0 Å². The van der Waals surface area contributed by atoms with Crippen molar-refractivity contribution in [2.45, 2.75) is 45.1 Å². The van der Waals surface area contributed by atoms with E-state index in [2.05, 4.69) is 19.9 Å². The van der Waals surface area contributed by atoms with Gasteiger partial charge in [0.1, 0.15) is 0 Å². The van der Waals surface area contributed by atoms with Crippen molar-refractivity contribution in [1.82, 2.24) is 0 Å². The summed E-state index contributed by atoms with van der Waals surface area (Å²) in [7, 11) is 0. The molecule has 0 bridgehead atoms. The highest BCUT2D eigenvalue weighted by molar-refractivity contribution is 7.12. The molecule has 0 aliphatic heterocycles. The molecule has 1 aromatic rings. The normalized spacial score (nSPS) is 16.2. The molecule has 1 aromatic heterocycles. The lowest BCUT2D eigenvalue weighted by atomic mass is 10.0. The van der Waals surface area contributed by atoms with Crippen LogP contribution in [0.15, 0.2) is 6.07 Å². The largest absolute Gasteiger partial charge is 0.325 e. The second-order valence-corrected chi connectivity index (χ2v) is 5.90. The zero-order valence-corrected chi connectivity index (χ0v) is 9.21. The maximum atomic E-state index is 5.99. The Labute approximate surface area is 84.0 Å². The number of hydrogen-bond donors (Lipinski definition) is 1. The molecule has 1 aliphatic carbocycles. The van der Waals surface area contributed by atoms with Crippen molar-refractivity contribution < 1.29 is 0 Å². The van der Waals surface area contributed by atoms with Crippen LogP contribution in [0.25, 0.3) is 0 Å². The molecule has 0 saturated heterocycles. The highest BCUT2D eigenvalue weighted by Crippen LogP contribution is 2.31. The lowest BCUT2D eigenvalue weighted by Crippen LogP contribution is -2.34. The van der Waals surface area contributed by atoms with Gasteiger partial charge in [-0.3, -0.25) is 0 Å². The maximum absolute atomic E-state index is 5.99. The lowest BCUT2D eigenvalue weighted by Gasteiger charge is -2.16. The summed E-state index contributed by atoms with van der Waals surface area (Å²) in [5.41, 5.74) is 7.52. The second kappa shape index (κ2) is 3.10. The second-order valence-electron chi connectivity index (χ2n) is 4.68. The van der Waals surface area contributed by atoms with Crippen LogP contribution in [0.2, 0.25) is 0 Å². The van der Waals surface area contributed by atoms with E-state index in [4.69, 9.17) is 5.73 Å². The number of hydrogen-bond acceptors (Lipinski definition) is 2. The van der Waals surface area contributed by atoms with E-state index in [1.807, 2.05) is 11.3 Å². The fourth-order valence-corrected chi connectivity index (χ4v) is 3.43. The number of fused-ring (bicyclic) bond motifs is 1. The van der Waals surface area contributed by atoms with E-state index in [9.17, 15) is 0 Å². The Bertz CT molecular complexity index is 285. The van der Waals surface area contributed by atoms with Crippen molar-refractivity contribution >= 4 is 11.3 Å². The molecule has 72 valence electrons. The van der Waals surface area contributed by atoms with E-state index in [0.29, 0.717) is 0 Å². The van der Waals surface area contributed by atoms with Crippen LogP contribution in [0.5, 0.6) is 0 Å². The Morgan fingerprint density at radius 2 is 2.23 bits per heavy atom. The van der Waals surface area contributed by atoms with Gasteiger partial charge in [0, 0.05) is 15.3 Å². The van der Waals surface area contributed by atoms with Gasteiger partial charge in [-0.2, -0.15) is 0 Å². The number of aryl methyl sites for hydroxylation is 2. The predicted molar refractivity (Wildman–Crippen MR) is 58.3 cm³/mol. The topological polar surface area (TPSA) is 26.0 Å². The van der Waals surface area contributed by atoms with Gasteiger partial charge in [0.15, 0.2) is 0 Å². The van der Waals surface area contributed by atoms with Crippen molar-refractivity contribution in [3.63, 3.8) is 0 Å². The molecule has 1 heterocycles. The summed E-state index contributed by atoms with van der Waals surface area (Å²) in [6, 6.07) is 2.36. The predicted octanol–water partition coefficient (Wildman–Crippen LogP) is 2.52. The monoisotopic (exact) mass is 195 g/mol. The first-order chi connectivity index (χ1) is 6.04. The number of nitrogens with two attached hydrogens (primary N) is 1. The fraction of sp³-hybridized carbons (Fsp3) is 0.636.